The third-order valence-corrected chi connectivity index (χ3v) is 4.22. The lowest BCUT2D eigenvalue weighted by molar-refractivity contribution is 0.154. The maximum Gasteiger partial charge on any atom is 0.00474 e. The Morgan fingerprint density at radius 1 is 1.28 bits per heavy atom. The lowest BCUT2D eigenvalue weighted by Crippen LogP contribution is -2.43. The third-order valence-electron chi connectivity index (χ3n) is 4.22. The van der Waals surface area contributed by atoms with Gasteiger partial charge in [-0.25, -0.2) is 0 Å². The number of nitrogens with one attached hydrogen (secondary N) is 1. The van der Waals surface area contributed by atoms with Gasteiger partial charge < -0.3 is 10.2 Å². The van der Waals surface area contributed by atoms with Crippen LogP contribution in [0, 0.1) is 17.3 Å². The molecule has 1 aliphatic rings. The molecule has 1 unspecified atom stereocenters. The van der Waals surface area contributed by atoms with Gasteiger partial charge in [0.25, 0.3) is 0 Å². The summed E-state index contributed by atoms with van der Waals surface area (Å²) in [6, 6.07) is 0. The highest BCUT2D eigenvalue weighted by Gasteiger charge is 2.28. The van der Waals surface area contributed by atoms with Gasteiger partial charge in [-0.1, -0.05) is 34.6 Å². The van der Waals surface area contributed by atoms with E-state index in [0.29, 0.717) is 5.41 Å². The minimum absolute atomic E-state index is 0.430. The molecule has 0 radical (unpaired) electrons. The highest BCUT2D eigenvalue weighted by Crippen LogP contribution is 2.31. The molecular formula is C16H34N2. The smallest absolute Gasteiger partial charge is 0.00474 e. The van der Waals surface area contributed by atoms with E-state index in [0.717, 1.165) is 24.9 Å². The molecule has 108 valence electrons. The zero-order valence-corrected chi connectivity index (χ0v) is 13.3. The Morgan fingerprint density at radius 3 is 2.39 bits per heavy atom. The van der Waals surface area contributed by atoms with Gasteiger partial charge in [0.05, 0.1) is 0 Å². The molecule has 1 rings (SSSR count). The second-order valence-corrected chi connectivity index (χ2v) is 6.96. The van der Waals surface area contributed by atoms with E-state index < -0.39 is 0 Å². The van der Waals surface area contributed by atoms with Crippen molar-refractivity contribution >= 4 is 0 Å². The van der Waals surface area contributed by atoms with Gasteiger partial charge in [0, 0.05) is 19.6 Å². The van der Waals surface area contributed by atoms with E-state index >= 15 is 0 Å². The molecule has 1 fully saturated rings. The molecule has 0 bridgehead atoms. The Balaban J connectivity index is 2.35. The average molecular weight is 254 g/mol. The molecule has 0 heterocycles. The SMILES string of the molecule is CCN(CC1CC1)CC(C)(CC)CNCC(C)C. The van der Waals surface area contributed by atoms with E-state index in [1.807, 2.05) is 0 Å². The molecule has 0 aromatic rings. The Bertz CT molecular complexity index is 223. The average Bonchev–Trinajstić information content (AvgIpc) is 3.11. The van der Waals surface area contributed by atoms with Crippen LogP contribution >= 0.6 is 0 Å². The molecule has 0 aromatic carbocycles. The molecule has 1 aliphatic carbocycles. The van der Waals surface area contributed by atoms with E-state index in [2.05, 4.69) is 44.8 Å². The van der Waals surface area contributed by atoms with Gasteiger partial charge in [-0.05, 0) is 49.6 Å². The Hall–Kier alpha value is -0.0800. The molecule has 1 atom stereocenters. The van der Waals surface area contributed by atoms with Crippen molar-refractivity contribution in [3.8, 4) is 0 Å². The summed E-state index contributed by atoms with van der Waals surface area (Å²) in [5, 5.41) is 3.65. The van der Waals surface area contributed by atoms with Gasteiger partial charge in [-0.3, -0.25) is 0 Å². The second-order valence-electron chi connectivity index (χ2n) is 6.96. The van der Waals surface area contributed by atoms with Crippen LogP contribution in [0.4, 0.5) is 0 Å². The van der Waals surface area contributed by atoms with E-state index in [4.69, 9.17) is 0 Å². The Morgan fingerprint density at radius 2 is 1.94 bits per heavy atom. The van der Waals surface area contributed by atoms with Crippen molar-refractivity contribution < 1.29 is 0 Å². The van der Waals surface area contributed by atoms with E-state index in [9.17, 15) is 0 Å². The zero-order chi connectivity index (χ0) is 13.6. The summed E-state index contributed by atoms with van der Waals surface area (Å²) in [7, 11) is 0. The number of nitrogens with zero attached hydrogens (tertiary/aromatic N) is 1. The van der Waals surface area contributed by atoms with Gasteiger partial charge in [-0.2, -0.15) is 0 Å². The maximum absolute atomic E-state index is 3.65. The van der Waals surface area contributed by atoms with Crippen LogP contribution < -0.4 is 5.32 Å². The van der Waals surface area contributed by atoms with Crippen LogP contribution in [-0.2, 0) is 0 Å². The maximum atomic E-state index is 3.65. The Labute approximate surface area is 115 Å². The van der Waals surface area contributed by atoms with Crippen molar-refractivity contribution in [3.05, 3.63) is 0 Å². The normalized spacial score (nSPS) is 19.5. The van der Waals surface area contributed by atoms with Gasteiger partial charge in [0.15, 0.2) is 0 Å². The van der Waals surface area contributed by atoms with Crippen molar-refractivity contribution in [1.82, 2.24) is 10.2 Å². The first-order valence-electron chi connectivity index (χ1n) is 7.92. The summed E-state index contributed by atoms with van der Waals surface area (Å²) in [4.78, 5) is 2.66. The number of hydrogen-bond donors (Lipinski definition) is 1. The van der Waals surface area contributed by atoms with E-state index in [1.165, 1.54) is 38.9 Å². The molecule has 0 spiro atoms. The first-order valence-corrected chi connectivity index (χ1v) is 7.92. The van der Waals surface area contributed by atoms with Crippen LogP contribution in [0.15, 0.2) is 0 Å². The zero-order valence-electron chi connectivity index (χ0n) is 13.3. The van der Waals surface area contributed by atoms with Crippen molar-refractivity contribution in [2.45, 2.75) is 53.9 Å². The summed E-state index contributed by atoms with van der Waals surface area (Å²) < 4.78 is 0. The highest BCUT2D eigenvalue weighted by molar-refractivity contribution is 4.83. The van der Waals surface area contributed by atoms with Crippen molar-refractivity contribution in [2.75, 3.05) is 32.7 Å². The van der Waals surface area contributed by atoms with Crippen molar-refractivity contribution in [3.63, 3.8) is 0 Å². The first-order chi connectivity index (χ1) is 8.49. The third kappa shape index (κ3) is 6.19. The molecule has 2 nitrogen and oxygen atoms in total. The summed E-state index contributed by atoms with van der Waals surface area (Å²) >= 11 is 0. The van der Waals surface area contributed by atoms with Crippen molar-refractivity contribution in [1.29, 1.82) is 0 Å². The van der Waals surface area contributed by atoms with Gasteiger partial charge in [0.1, 0.15) is 0 Å². The topological polar surface area (TPSA) is 15.3 Å². The summed E-state index contributed by atoms with van der Waals surface area (Å²) in [5.41, 5.74) is 0.430. The lowest BCUT2D eigenvalue weighted by atomic mass is 9.86. The summed E-state index contributed by atoms with van der Waals surface area (Å²) in [6.07, 6.45) is 4.19. The standard InChI is InChI=1S/C16H34N2/c1-6-16(5,12-17-10-14(3)4)13-18(7-2)11-15-8-9-15/h14-15,17H,6-13H2,1-5H3. The van der Waals surface area contributed by atoms with Crippen LogP contribution in [0.2, 0.25) is 0 Å². The number of hydrogen-bond acceptors (Lipinski definition) is 2. The van der Waals surface area contributed by atoms with E-state index in [1.54, 1.807) is 0 Å². The Kier molecular flexibility index (Phi) is 6.65. The van der Waals surface area contributed by atoms with Crippen LogP contribution in [-0.4, -0.2) is 37.6 Å². The molecule has 0 amide bonds. The van der Waals surface area contributed by atoms with Crippen LogP contribution in [0.3, 0.4) is 0 Å². The predicted molar refractivity (Wildman–Crippen MR) is 80.9 cm³/mol. The molecule has 2 heteroatoms. The monoisotopic (exact) mass is 254 g/mol. The minimum atomic E-state index is 0.430. The van der Waals surface area contributed by atoms with Crippen LogP contribution in [0.1, 0.15) is 53.9 Å². The largest absolute Gasteiger partial charge is 0.316 e. The van der Waals surface area contributed by atoms with Gasteiger partial charge in [0.2, 0.25) is 0 Å². The van der Waals surface area contributed by atoms with Gasteiger partial charge >= 0.3 is 0 Å². The second kappa shape index (κ2) is 7.49. The van der Waals surface area contributed by atoms with Crippen LogP contribution in [0.5, 0.6) is 0 Å². The fourth-order valence-corrected chi connectivity index (χ4v) is 2.47. The highest BCUT2D eigenvalue weighted by atomic mass is 15.1. The fraction of sp³-hybridized carbons (Fsp3) is 1.00. The number of rotatable bonds is 10. The summed E-state index contributed by atoms with van der Waals surface area (Å²) in [5.74, 6) is 1.76. The lowest BCUT2D eigenvalue weighted by Gasteiger charge is -2.35. The molecule has 18 heavy (non-hydrogen) atoms. The molecular weight excluding hydrogens is 220 g/mol. The molecule has 1 N–H and O–H groups in total. The quantitative estimate of drug-likeness (QED) is 0.643. The summed E-state index contributed by atoms with van der Waals surface area (Å²) in [6.45, 7) is 17.7. The minimum Gasteiger partial charge on any atom is -0.316 e. The molecule has 0 saturated heterocycles. The van der Waals surface area contributed by atoms with E-state index in [-0.39, 0.29) is 0 Å². The predicted octanol–water partition coefficient (Wildman–Crippen LogP) is 3.38. The fourth-order valence-electron chi connectivity index (χ4n) is 2.47. The first kappa shape index (κ1) is 16.0. The molecule has 1 saturated carbocycles. The molecule has 0 aliphatic heterocycles. The van der Waals surface area contributed by atoms with Crippen LogP contribution in [0.25, 0.3) is 0 Å². The molecule has 0 aromatic heterocycles. The van der Waals surface area contributed by atoms with Crippen molar-refractivity contribution in [2.24, 2.45) is 17.3 Å². The van der Waals surface area contributed by atoms with Gasteiger partial charge in [-0.15, -0.1) is 0 Å².